The lowest BCUT2D eigenvalue weighted by Crippen LogP contribution is -2.27. The average molecular weight is 340 g/mol. The Morgan fingerprint density at radius 3 is 2.60 bits per heavy atom. The summed E-state index contributed by atoms with van der Waals surface area (Å²) in [5.74, 6) is 0.325. The van der Waals surface area contributed by atoms with Crippen molar-refractivity contribution in [3.8, 4) is 11.1 Å². The third-order valence-electron chi connectivity index (χ3n) is 4.64. The maximum atomic E-state index is 13.4. The molecule has 1 aliphatic heterocycles. The summed E-state index contributed by atoms with van der Waals surface area (Å²) in [4.78, 5) is 30.4. The van der Waals surface area contributed by atoms with Crippen LogP contribution in [0.3, 0.4) is 0 Å². The van der Waals surface area contributed by atoms with Gasteiger partial charge in [0.1, 0.15) is 11.6 Å². The van der Waals surface area contributed by atoms with Crippen molar-refractivity contribution in [1.29, 1.82) is 0 Å². The molecule has 0 unspecified atom stereocenters. The van der Waals surface area contributed by atoms with Crippen LogP contribution in [0.2, 0.25) is 0 Å². The summed E-state index contributed by atoms with van der Waals surface area (Å²) >= 11 is 0. The number of aromatic nitrogens is 1. The fourth-order valence-corrected chi connectivity index (χ4v) is 3.39. The first-order valence-corrected chi connectivity index (χ1v) is 8.60. The summed E-state index contributed by atoms with van der Waals surface area (Å²) in [6.07, 6.45) is 4.15. The molecule has 4 nitrogen and oxygen atoms in total. The Balaban J connectivity index is 2.33. The first kappa shape index (κ1) is 17.3. The Bertz CT molecular complexity index is 815. The van der Waals surface area contributed by atoms with E-state index in [1.807, 2.05) is 6.92 Å². The van der Waals surface area contributed by atoms with Crippen molar-refractivity contribution in [3.05, 3.63) is 46.9 Å². The number of rotatable bonds is 4. The zero-order valence-electron chi connectivity index (χ0n) is 14.5. The van der Waals surface area contributed by atoms with Crippen LogP contribution in [0.4, 0.5) is 10.2 Å². The number of halogens is 1. The van der Waals surface area contributed by atoms with Gasteiger partial charge in [-0.15, -0.1) is 0 Å². The van der Waals surface area contributed by atoms with Crippen molar-refractivity contribution in [2.75, 3.05) is 11.9 Å². The van der Waals surface area contributed by atoms with Gasteiger partial charge in [0.2, 0.25) is 5.91 Å². The van der Waals surface area contributed by atoms with Crippen molar-refractivity contribution in [2.24, 2.45) is 0 Å². The fraction of sp³-hybridized carbons (Fsp3) is 0.350. The molecule has 0 N–H and O–H groups in total. The van der Waals surface area contributed by atoms with E-state index in [0.29, 0.717) is 42.8 Å². The Kier molecular flexibility index (Phi) is 4.93. The molecule has 25 heavy (non-hydrogen) atoms. The molecule has 0 atom stereocenters. The maximum absolute atomic E-state index is 13.4. The van der Waals surface area contributed by atoms with E-state index in [9.17, 15) is 14.0 Å². The van der Waals surface area contributed by atoms with Crippen LogP contribution in [-0.2, 0) is 17.6 Å². The van der Waals surface area contributed by atoms with E-state index in [-0.39, 0.29) is 11.7 Å². The van der Waals surface area contributed by atoms with Gasteiger partial charge in [0, 0.05) is 30.2 Å². The topological polar surface area (TPSA) is 50.3 Å². The van der Waals surface area contributed by atoms with Crippen LogP contribution in [0.15, 0.2) is 24.3 Å². The number of aldehydes is 1. The standard InChI is InChI=1S/C20H21FN2O2/c1-3-5-17-16(12-24)19(13-8-10-14(21)11-9-13)15-6-4-7-18(25)23(2)20(15)22-17/h8-12H,3-7H2,1-2H3. The van der Waals surface area contributed by atoms with Gasteiger partial charge in [-0.25, -0.2) is 9.37 Å². The van der Waals surface area contributed by atoms with Gasteiger partial charge in [-0.1, -0.05) is 25.5 Å². The van der Waals surface area contributed by atoms with Crippen molar-refractivity contribution < 1.29 is 14.0 Å². The van der Waals surface area contributed by atoms with Crippen molar-refractivity contribution in [1.82, 2.24) is 4.98 Å². The molecule has 0 radical (unpaired) electrons. The van der Waals surface area contributed by atoms with Crippen LogP contribution in [-0.4, -0.2) is 24.2 Å². The van der Waals surface area contributed by atoms with Crippen molar-refractivity contribution >= 4 is 18.0 Å². The van der Waals surface area contributed by atoms with Crippen LogP contribution in [0.25, 0.3) is 11.1 Å². The lowest BCUT2D eigenvalue weighted by atomic mass is 9.91. The van der Waals surface area contributed by atoms with Gasteiger partial charge in [0.25, 0.3) is 0 Å². The second-order valence-corrected chi connectivity index (χ2v) is 6.33. The normalized spacial score (nSPS) is 14.2. The molecule has 1 aromatic carbocycles. The van der Waals surface area contributed by atoms with Crippen LogP contribution >= 0.6 is 0 Å². The van der Waals surface area contributed by atoms with Crippen molar-refractivity contribution in [3.63, 3.8) is 0 Å². The number of benzene rings is 1. The van der Waals surface area contributed by atoms with E-state index in [1.165, 1.54) is 12.1 Å². The molecule has 2 heterocycles. The highest BCUT2D eigenvalue weighted by Crippen LogP contribution is 2.37. The van der Waals surface area contributed by atoms with Gasteiger partial charge < -0.3 is 0 Å². The molecule has 1 aliphatic rings. The summed E-state index contributed by atoms with van der Waals surface area (Å²) in [5.41, 5.74) is 3.70. The molecule has 5 heteroatoms. The van der Waals surface area contributed by atoms with Crippen LogP contribution < -0.4 is 4.90 Å². The van der Waals surface area contributed by atoms with E-state index in [4.69, 9.17) is 0 Å². The SMILES string of the molecule is CCCc1nc2c(c(-c3ccc(F)cc3)c1C=O)CCCC(=O)N2C. The number of amides is 1. The number of anilines is 1. The Morgan fingerprint density at radius 2 is 1.96 bits per heavy atom. The zero-order valence-corrected chi connectivity index (χ0v) is 14.5. The Hall–Kier alpha value is -2.56. The highest BCUT2D eigenvalue weighted by molar-refractivity contribution is 5.98. The Morgan fingerprint density at radius 1 is 1.24 bits per heavy atom. The minimum Gasteiger partial charge on any atom is -0.300 e. The number of hydrogen-bond donors (Lipinski definition) is 0. The van der Waals surface area contributed by atoms with Gasteiger partial charge in [0.05, 0.1) is 5.69 Å². The number of aryl methyl sites for hydroxylation is 1. The number of nitrogens with zero attached hydrogens (tertiary/aromatic N) is 2. The molecule has 0 aliphatic carbocycles. The third-order valence-corrected chi connectivity index (χ3v) is 4.64. The van der Waals surface area contributed by atoms with E-state index in [1.54, 1.807) is 24.1 Å². The van der Waals surface area contributed by atoms with Crippen molar-refractivity contribution in [2.45, 2.75) is 39.0 Å². The van der Waals surface area contributed by atoms with Gasteiger partial charge in [-0.3, -0.25) is 14.5 Å². The van der Waals surface area contributed by atoms with E-state index in [2.05, 4.69) is 4.98 Å². The number of carbonyl (C=O) groups excluding carboxylic acids is 2. The summed E-state index contributed by atoms with van der Waals surface area (Å²) in [7, 11) is 1.73. The first-order chi connectivity index (χ1) is 12.1. The summed E-state index contributed by atoms with van der Waals surface area (Å²) in [5, 5.41) is 0. The molecular formula is C20H21FN2O2. The lowest BCUT2D eigenvalue weighted by molar-refractivity contribution is -0.118. The van der Waals surface area contributed by atoms with Gasteiger partial charge in [0.15, 0.2) is 6.29 Å². The zero-order chi connectivity index (χ0) is 18.0. The summed E-state index contributed by atoms with van der Waals surface area (Å²) < 4.78 is 13.4. The van der Waals surface area contributed by atoms with Gasteiger partial charge in [-0.05, 0) is 37.0 Å². The molecule has 0 fully saturated rings. The molecule has 0 saturated carbocycles. The average Bonchev–Trinajstić information content (AvgIpc) is 2.75. The monoisotopic (exact) mass is 340 g/mol. The molecule has 3 rings (SSSR count). The molecule has 2 aromatic rings. The fourth-order valence-electron chi connectivity index (χ4n) is 3.39. The predicted molar refractivity (Wildman–Crippen MR) is 95.4 cm³/mol. The highest BCUT2D eigenvalue weighted by Gasteiger charge is 2.27. The molecule has 0 bridgehead atoms. The van der Waals surface area contributed by atoms with Gasteiger partial charge >= 0.3 is 0 Å². The molecular weight excluding hydrogens is 319 g/mol. The summed E-state index contributed by atoms with van der Waals surface area (Å²) in [6.45, 7) is 2.02. The molecule has 130 valence electrons. The van der Waals surface area contributed by atoms with Crippen LogP contribution in [0.1, 0.15) is 47.8 Å². The van der Waals surface area contributed by atoms with E-state index in [0.717, 1.165) is 29.4 Å². The first-order valence-electron chi connectivity index (χ1n) is 8.60. The molecule has 0 spiro atoms. The molecule has 0 saturated heterocycles. The predicted octanol–water partition coefficient (Wildman–Crippen LogP) is 3.95. The van der Waals surface area contributed by atoms with Gasteiger partial charge in [-0.2, -0.15) is 0 Å². The smallest absolute Gasteiger partial charge is 0.227 e. The van der Waals surface area contributed by atoms with Crippen LogP contribution in [0, 0.1) is 5.82 Å². The third kappa shape index (κ3) is 3.18. The minimum atomic E-state index is -0.322. The number of pyridine rings is 1. The number of fused-ring (bicyclic) bond motifs is 1. The maximum Gasteiger partial charge on any atom is 0.227 e. The van der Waals surface area contributed by atoms with E-state index >= 15 is 0 Å². The van der Waals surface area contributed by atoms with E-state index < -0.39 is 0 Å². The lowest BCUT2D eigenvalue weighted by Gasteiger charge is -2.22. The second kappa shape index (κ2) is 7.13. The largest absolute Gasteiger partial charge is 0.300 e. The quantitative estimate of drug-likeness (QED) is 0.792. The molecule has 1 amide bonds. The Labute approximate surface area is 146 Å². The number of hydrogen-bond acceptors (Lipinski definition) is 3. The highest BCUT2D eigenvalue weighted by atomic mass is 19.1. The molecule has 1 aromatic heterocycles. The van der Waals surface area contributed by atoms with Crippen LogP contribution in [0.5, 0.6) is 0 Å². The summed E-state index contributed by atoms with van der Waals surface area (Å²) in [6, 6.07) is 6.14. The minimum absolute atomic E-state index is 0.0256. The second-order valence-electron chi connectivity index (χ2n) is 6.33. The number of carbonyl (C=O) groups is 2.